The van der Waals surface area contributed by atoms with E-state index in [1.807, 2.05) is 0 Å². The number of β-amino-alcohol motifs (C(OH)–C–C–N with tert-alkyl or cyclic N) is 2. The quantitative estimate of drug-likeness (QED) is 0.351. The molecule has 3 rings (SSSR count). The highest BCUT2D eigenvalue weighted by molar-refractivity contribution is 4.72. The van der Waals surface area contributed by atoms with E-state index in [0.717, 1.165) is 77.8 Å². The Morgan fingerprint density at radius 2 is 0.815 bits per heavy atom. The van der Waals surface area contributed by atoms with Crippen LogP contribution in [0.25, 0.3) is 0 Å². The van der Waals surface area contributed by atoms with Gasteiger partial charge in [-0.15, -0.1) is 0 Å². The third kappa shape index (κ3) is 12.0. The molecule has 8 heteroatoms. The number of hydrogen-bond donors (Lipinski definition) is 6. The van der Waals surface area contributed by atoms with Crippen molar-refractivity contribution in [2.45, 2.75) is 69.4 Å². The summed E-state index contributed by atoms with van der Waals surface area (Å²) in [4.78, 5) is 4.49. The van der Waals surface area contributed by atoms with E-state index >= 15 is 0 Å². The van der Waals surface area contributed by atoms with Gasteiger partial charge in [-0.2, -0.15) is 0 Å². The van der Waals surface area contributed by atoms with Crippen molar-refractivity contribution >= 4 is 0 Å². The fraction of sp³-hybridized carbons (Fsp3) is 1.00. The van der Waals surface area contributed by atoms with Crippen molar-refractivity contribution in [3.05, 3.63) is 0 Å². The number of nitrogens with zero attached hydrogens (tertiary/aromatic N) is 2. The monoisotopic (exact) mass is 392 g/mol. The molecule has 8 nitrogen and oxygen atoms in total. The molecule has 2 saturated carbocycles. The van der Waals surface area contributed by atoms with Crippen LogP contribution in [-0.2, 0) is 0 Å². The summed E-state index contributed by atoms with van der Waals surface area (Å²) in [7, 11) is 0. The van der Waals surface area contributed by atoms with E-state index in [1.165, 1.54) is 0 Å². The topological polar surface area (TPSA) is 128 Å². The van der Waals surface area contributed by atoms with Crippen LogP contribution in [0.3, 0.4) is 0 Å². The van der Waals surface area contributed by atoms with Crippen LogP contribution in [0.5, 0.6) is 0 Å². The van der Waals surface area contributed by atoms with Crippen molar-refractivity contribution in [3.63, 3.8) is 0 Å². The van der Waals surface area contributed by atoms with E-state index < -0.39 is 0 Å². The van der Waals surface area contributed by atoms with Gasteiger partial charge in [0.05, 0.1) is 37.6 Å². The lowest BCUT2D eigenvalue weighted by molar-refractivity contribution is 0.0541. The molecule has 0 amide bonds. The van der Waals surface area contributed by atoms with Crippen LogP contribution in [0.1, 0.15) is 44.9 Å². The van der Waals surface area contributed by atoms with Gasteiger partial charge in [0.2, 0.25) is 0 Å². The van der Waals surface area contributed by atoms with Crippen molar-refractivity contribution in [2.24, 2.45) is 0 Å². The Morgan fingerprint density at radius 1 is 0.519 bits per heavy atom. The normalized spacial score (nSPS) is 32.2. The first-order valence-electron chi connectivity index (χ1n) is 10.3. The van der Waals surface area contributed by atoms with Crippen LogP contribution < -0.4 is 0 Å². The van der Waals surface area contributed by atoms with E-state index in [4.69, 9.17) is 30.6 Å². The smallest absolute Gasteiger partial charge is 0.0565 e. The molecule has 1 saturated heterocycles. The standard InChI is InChI=1S/C8H18N2O2.C6H12O2.C5H10O2/c11-7-5-9-1-2-10(4-3-9)6-8-12;7-5-1-2-6(8)4-3-5;6-4-1-2-5(7)3-4/h11-12H,1-8H2;5-8H,1-4H2;4-7H,1-3H2. The summed E-state index contributed by atoms with van der Waals surface area (Å²) < 4.78 is 0. The van der Waals surface area contributed by atoms with E-state index in [-0.39, 0.29) is 37.6 Å². The number of hydrogen-bond acceptors (Lipinski definition) is 8. The molecule has 1 heterocycles. The van der Waals surface area contributed by atoms with Crippen LogP contribution in [0.15, 0.2) is 0 Å². The number of piperazine rings is 1. The lowest BCUT2D eigenvalue weighted by Crippen LogP contribution is -2.47. The van der Waals surface area contributed by atoms with Crippen molar-refractivity contribution in [3.8, 4) is 0 Å². The van der Waals surface area contributed by atoms with E-state index in [1.54, 1.807) is 0 Å². The minimum absolute atomic E-state index is 0.140. The Balaban J connectivity index is 0.000000212. The first-order chi connectivity index (χ1) is 12.9. The van der Waals surface area contributed by atoms with Crippen molar-refractivity contribution in [1.29, 1.82) is 0 Å². The lowest BCUT2D eigenvalue weighted by Gasteiger charge is -2.33. The molecule has 2 unspecified atom stereocenters. The zero-order valence-corrected chi connectivity index (χ0v) is 16.5. The number of aliphatic hydroxyl groups is 6. The minimum Gasteiger partial charge on any atom is -0.395 e. The summed E-state index contributed by atoms with van der Waals surface area (Å²) in [5, 5.41) is 52.7. The van der Waals surface area contributed by atoms with Crippen molar-refractivity contribution in [2.75, 3.05) is 52.5 Å². The zero-order chi connectivity index (χ0) is 20.1. The SMILES string of the molecule is OC1CCC(O)C1.OC1CCC(O)CC1.OCCN1CCN(CCO)CC1. The maximum Gasteiger partial charge on any atom is 0.0565 e. The molecule has 3 fully saturated rings. The molecule has 0 bridgehead atoms. The summed E-state index contributed by atoms with van der Waals surface area (Å²) >= 11 is 0. The fourth-order valence-corrected chi connectivity index (χ4v) is 3.51. The molecule has 162 valence electrons. The third-order valence-corrected chi connectivity index (χ3v) is 5.34. The zero-order valence-electron chi connectivity index (χ0n) is 16.5. The predicted molar refractivity (Wildman–Crippen MR) is 103 cm³/mol. The Kier molecular flexibility index (Phi) is 13.4. The molecule has 0 aromatic rings. The molecule has 2 aliphatic carbocycles. The first-order valence-corrected chi connectivity index (χ1v) is 10.3. The van der Waals surface area contributed by atoms with Crippen LogP contribution in [-0.4, -0.2) is 117 Å². The lowest BCUT2D eigenvalue weighted by atomic mass is 9.95. The molecule has 1 aliphatic heterocycles. The third-order valence-electron chi connectivity index (χ3n) is 5.34. The molecule has 27 heavy (non-hydrogen) atoms. The molecule has 0 spiro atoms. The highest BCUT2D eigenvalue weighted by Crippen LogP contribution is 2.18. The molecular formula is C19H40N2O6. The van der Waals surface area contributed by atoms with Crippen LogP contribution in [0, 0.1) is 0 Å². The van der Waals surface area contributed by atoms with Gasteiger partial charge < -0.3 is 30.6 Å². The van der Waals surface area contributed by atoms with E-state index in [9.17, 15) is 0 Å². The second-order valence-corrected chi connectivity index (χ2v) is 7.71. The molecular weight excluding hydrogens is 352 g/mol. The van der Waals surface area contributed by atoms with Gasteiger partial charge in [-0.25, -0.2) is 0 Å². The van der Waals surface area contributed by atoms with Gasteiger partial charge in [0.15, 0.2) is 0 Å². The summed E-state index contributed by atoms with van der Waals surface area (Å²) in [5.41, 5.74) is 0. The molecule has 0 aromatic carbocycles. The van der Waals surface area contributed by atoms with Gasteiger partial charge in [-0.3, -0.25) is 9.80 Å². The maximum atomic E-state index is 8.92. The Bertz CT molecular complexity index is 315. The Hall–Kier alpha value is -0.320. The first kappa shape index (κ1) is 24.7. The minimum atomic E-state index is -0.227. The van der Waals surface area contributed by atoms with Gasteiger partial charge in [-0.1, -0.05) is 0 Å². The van der Waals surface area contributed by atoms with Gasteiger partial charge >= 0.3 is 0 Å². The van der Waals surface area contributed by atoms with Crippen molar-refractivity contribution < 1.29 is 30.6 Å². The average Bonchev–Trinajstić information content (AvgIpc) is 3.04. The predicted octanol–water partition coefficient (Wildman–Crippen LogP) is -1.24. The summed E-state index contributed by atoms with van der Waals surface area (Å²) in [6.45, 7) is 6.13. The van der Waals surface area contributed by atoms with Crippen LogP contribution in [0.2, 0.25) is 0 Å². The van der Waals surface area contributed by atoms with Gasteiger partial charge in [-0.05, 0) is 44.9 Å². The van der Waals surface area contributed by atoms with Gasteiger partial charge in [0.1, 0.15) is 0 Å². The van der Waals surface area contributed by atoms with Gasteiger partial charge in [0, 0.05) is 39.3 Å². The molecule has 3 aliphatic rings. The van der Waals surface area contributed by atoms with E-state index in [2.05, 4.69) is 9.80 Å². The summed E-state index contributed by atoms with van der Waals surface area (Å²) in [5.74, 6) is 0. The molecule has 0 aromatic heterocycles. The highest BCUT2D eigenvalue weighted by atomic mass is 16.3. The molecule has 0 radical (unpaired) electrons. The van der Waals surface area contributed by atoms with E-state index in [0.29, 0.717) is 6.42 Å². The number of rotatable bonds is 4. The largest absolute Gasteiger partial charge is 0.395 e. The highest BCUT2D eigenvalue weighted by Gasteiger charge is 2.19. The number of aliphatic hydroxyl groups excluding tert-OH is 6. The van der Waals surface area contributed by atoms with Gasteiger partial charge in [0.25, 0.3) is 0 Å². The second kappa shape index (κ2) is 14.6. The molecule has 2 atom stereocenters. The Labute approximate surface area is 163 Å². The fourth-order valence-electron chi connectivity index (χ4n) is 3.51. The van der Waals surface area contributed by atoms with Crippen LogP contribution in [0.4, 0.5) is 0 Å². The van der Waals surface area contributed by atoms with Crippen LogP contribution >= 0.6 is 0 Å². The maximum absolute atomic E-state index is 8.92. The van der Waals surface area contributed by atoms with Crippen molar-refractivity contribution in [1.82, 2.24) is 9.80 Å². The summed E-state index contributed by atoms with van der Waals surface area (Å²) in [6.07, 6.45) is 4.52. The average molecular weight is 393 g/mol. The second-order valence-electron chi connectivity index (χ2n) is 7.71. The molecule has 6 N–H and O–H groups in total. The Morgan fingerprint density at radius 3 is 1.04 bits per heavy atom. The summed E-state index contributed by atoms with van der Waals surface area (Å²) in [6, 6.07) is 0.